The quantitative estimate of drug-likeness (QED) is 0.896. The van der Waals surface area contributed by atoms with Gasteiger partial charge in [0.05, 0.1) is 11.2 Å². The third-order valence-electron chi connectivity index (χ3n) is 3.46. The topological polar surface area (TPSA) is 28.2 Å². The molecule has 0 bridgehead atoms. The van der Waals surface area contributed by atoms with Gasteiger partial charge in [0, 0.05) is 24.0 Å². The first-order chi connectivity index (χ1) is 7.93. The van der Waals surface area contributed by atoms with Crippen molar-refractivity contribution in [3.05, 3.63) is 15.6 Å². The Balaban J connectivity index is 2.33. The van der Waals surface area contributed by atoms with Gasteiger partial charge in [-0.3, -0.25) is 0 Å². The summed E-state index contributed by atoms with van der Waals surface area (Å²) in [5.41, 5.74) is 1.26. The Kier molecular flexibility index (Phi) is 3.57. The zero-order valence-corrected chi connectivity index (χ0v) is 12.3. The lowest BCUT2D eigenvalue weighted by atomic mass is 9.98. The van der Waals surface area contributed by atoms with Gasteiger partial charge in [-0.2, -0.15) is 0 Å². The van der Waals surface area contributed by atoms with Gasteiger partial charge < -0.3 is 10.2 Å². The van der Waals surface area contributed by atoms with Gasteiger partial charge in [0.15, 0.2) is 0 Å². The van der Waals surface area contributed by atoms with Crippen molar-refractivity contribution >= 4 is 11.3 Å². The van der Waals surface area contributed by atoms with E-state index in [1.165, 1.54) is 15.6 Å². The Hall–Kier alpha value is -0.450. The van der Waals surface area contributed by atoms with E-state index in [-0.39, 0.29) is 5.54 Å². The van der Waals surface area contributed by atoms with Crippen molar-refractivity contribution in [2.45, 2.75) is 45.7 Å². The summed E-state index contributed by atoms with van der Waals surface area (Å²) in [4.78, 5) is 8.52. The Morgan fingerprint density at radius 1 is 1.41 bits per heavy atom. The molecular weight excluding hydrogens is 230 g/mol. The minimum Gasteiger partial charge on any atom is -0.304 e. The first kappa shape index (κ1) is 13.0. The summed E-state index contributed by atoms with van der Waals surface area (Å²) >= 11 is 1.85. The Morgan fingerprint density at radius 2 is 2.12 bits per heavy atom. The van der Waals surface area contributed by atoms with Gasteiger partial charge >= 0.3 is 0 Å². The van der Waals surface area contributed by atoms with Crippen molar-refractivity contribution in [3.8, 4) is 0 Å². The molecule has 1 aliphatic rings. The molecule has 4 heteroatoms. The van der Waals surface area contributed by atoms with Gasteiger partial charge in [-0.15, -0.1) is 11.3 Å². The number of likely N-dealkylation sites (tertiary alicyclic amines) is 1. The maximum Gasteiger partial charge on any atom is 0.115 e. The molecule has 0 saturated carbocycles. The van der Waals surface area contributed by atoms with Crippen LogP contribution in [0.15, 0.2) is 0 Å². The number of thiazole rings is 1. The number of likely N-dealkylation sites (N-methyl/N-ethyl adjacent to an activating group) is 1. The molecule has 0 aromatic carbocycles. The summed E-state index contributed by atoms with van der Waals surface area (Å²) in [5, 5.41) is 5.02. The lowest BCUT2D eigenvalue weighted by Gasteiger charge is -2.30. The molecule has 1 aliphatic heterocycles. The van der Waals surface area contributed by atoms with Gasteiger partial charge in [0.2, 0.25) is 0 Å². The van der Waals surface area contributed by atoms with Gasteiger partial charge in [-0.25, -0.2) is 4.98 Å². The van der Waals surface area contributed by atoms with E-state index in [4.69, 9.17) is 4.98 Å². The second-order valence-electron chi connectivity index (χ2n) is 5.53. The Morgan fingerprint density at radius 3 is 2.53 bits per heavy atom. The van der Waals surface area contributed by atoms with E-state index in [1.807, 2.05) is 11.3 Å². The molecule has 1 unspecified atom stereocenters. The van der Waals surface area contributed by atoms with Crippen molar-refractivity contribution in [1.29, 1.82) is 0 Å². The van der Waals surface area contributed by atoms with Crippen LogP contribution in [-0.4, -0.2) is 36.1 Å². The van der Waals surface area contributed by atoms with E-state index in [0.29, 0.717) is 6.04 Å². The fourth-order valence-corrected chi connectivity index (χ4v) is 3.67. The first-order valence-electron chi connectivity index (χ1n) is 6.34. The van der Waals surface area contributed by atoms with Crippen LogP contribution in [0.4, 0.5) is 0 Å². The van der Waals surface area contributed by atoms with Crippen molar-refractivity contribution in [1.82, 2.24) is 15.2 Å². The number of nitrogens with one attached hydrogen (secondary N) is 1. The molecule has 17 heavy (non-hydrogen) atoms. The molecule has 0 aliphatic carbocycles. The average Bonchev–Trinajstić information content (AvgIpc) is 2.73. The van der Waals surface area contributed by atoms with Crippen LogP contribution >= 0.6 is 11.3 Å². The van der Waals surface area contributed by atoms with Crippen LogP contribution in [0.3, 0.4) is 0 Å². The third-order valence-corrected chi connectivity index (χ3v) is 4.74. The molecule has 1 atom stereocenters. The minimum absolute atomic E-state index is 0.0760. The summed E-state index contributed by atoms with van der Waals surface area (Å²) in [7, 11) is 2.19. The molecule has 1 N–H and O–H groups in total. The van der Waals surface area contributed by atoms with Crippen molar-refractivity contribution in [2.75, 3.05) is 20.1 Å². The number of aryl methyl sites for hydroxylation is 2. The fourth-order valence-electron chi connectivity index (χ4n) is 2.58. The molecule has 0 radical (unpaired) electrons. The summed E-state index contributed by atoms with van der Waals surface area (Å²) in [6.07, 6.45) is 1.16. The zero-order chi connectivity index (χ0) is 12.6. The number of hydrogen-bond donors (Lipinski definition) is 1. The minimum atomic E-state index is 0.0760. The average molecular weight is 253 g/mol. The van der Waals surface area contributed by atoms with E-state index in [0.717, 1.165) is 19.5 Å². The van der Waals surface area contributed by atoms with E-state index in [1.54, 1.807) is 0 Å². The first-order valence-corrected chi connectivity index (χ1v) is 7.15. The number of hydrogen-bond acceptors (Lipinski definition) is 4. The smallest absolute Gasteiger partial charge is 0.115 e. The zero-order valence-electron chi connectivity index (χ0n) is 11.5. The van der Waals surface area contributed by atoms with Crippen molar-refractivity contribution in [3.63, 3.8) is 0 Å². The highest BCUT2D eigenvalue weighted by molar-refractivity contribution is 7.11. The molecule has 1 aromatic rings. The van der Waals surface area contributed by atoms with E-state index in [9.17, 15) is 0 Å². The molecule has 3 nitrogen and oxygen atoms in total. The number of rotatable bonds is 3. The normalized spacial score (nSPS) is 26.0. The maximum absolute atomic E-state index is 4.78. The van der Waals surface area contributed by atoms with Gasteiger partial charge in [-0.1, -0.05) is 0 Å². The molecule has 0 spiro atoms. The highest BCUT2D eigenvalue weighted by Crippen LogP contribution is 2.35. The highest BCUT2D eigenvalue weighted by atomic mass is 32.1. The monoisotopic (exact) mass is 253 g/mol. The predicted molar refractivity (Wildman–Crippen MR) is 73.7 cm³/mol. The van der Waals surface area contributed by atoms with Crippen LogP contribution in [0.25, 0.3) is 0 Å². The second-order valence-corrected chi connectivity index (χ2v) is 6.73. The molecular formula is C13H23N3S. The summed E-state index contributed by atoms with van der Waals surface area (Å²) in [5.74, 6) is 0. The molecule has 0 amide bonds. The van der Waals surface area contributed by atoms with Crippen LogP contribution in [-0.2, 0) is 5.54 Å². The van der Waals surface area contributed by atoms with E-state index >= 15 is 0 Å². The Labute approximate surface area is 108 Å². The maximum atomic E-state index is 4.78. The van der Waals surface area contributed by atoms with E-state index < -0.39 is 0 Å². The van der Waals surface area contributed by atoms with Crippen molar-refractivity contribution in [2.24, 2.45) is 0 Å². The summed E-state index contributed by atoms with van der Waals surface area (Å²) in [6, 6.07) is 0.492. The van der Waals surface area contributed by atoms with Crippen LogP contribution in [0, 0.1) is 13.8 Å². The lowest BCUT2D eigenvalue weighted by Crippen LogP contribution is -2.47. The SMILES string of the molecule is Cc1nc(C2(NC(C)C)CCN(C)C2)sc1C. The standard InChI is InChI=1S/C13H23N3S/c1-9(2)15-13(6-7-16(5)8-13)12-14-10(3)11(4)17-12/h9,15H,6-8H2,1-5H3. The van der Waals surface area contributed by atoms with Crippen LogP contribution in [0.5, 0.6) is 0 Å². The number of aromatic nitrogens is 1. The molecule has 96 valence electrons. The Bertz CT molecular complexity index is 380. The third kappa shape index (κ3) is 2.54. The van der Waals surface area contributed by atoms with Crippen LogP contribution < -0.4 is 5.32 Å². The molecule has 1 fully saturated rings. The second kappa shape index (κ2) is 4.67. The molecule has 1 aromatic heterocycles. The van der Waals surface area contributed by atoms with Gasteiger partial charge in [0.25, 0.3) is 0 Å². The molecule has 2 rings (SSSR count). The van der Waals surface area contributed by atoms with Crippen LogP contribution in [0.2, 0.25) is 0 Å². The number of nitrogens with zero attached hydrogens (tertiary/aromatic N) is 2. The van der Waals surface area contributed by atoms with Crippen molar-refractivity contribution < 1.29 is 0 Å². The van der Waals surface area contributed by atoms with E-state index in [2.05, 4.69) is 45.0 Å². The van der Waals surface area contributed by atoms with Gasteiger partial charge in [0.1, 0.15) is 5.01 Å². The molecule has 2 heterocycles. The largest absolute Gasteiger partial charge is 0.304 e. The lowest BCUT2D eigenvalue weighted by molar-refractivity contribution is 0.294. The molecule has 1 saturated heterocycles. The predicted octanol–water partition coefficient (Wildman–Crippen LogP) is 2.29. The van der Waals surface area contributed by atoms with Crippen LogP contribution in [0.1, 0.15) is 35.8 Å². The fraction of sp³-hybridized carbons (Fsp3) is 0.769. The van der Waals surface area contributed by atoms with Gasteiger partial charge in [-0.05, 0) is 41.2 Å². The summed E-state index contributed by atoms with van der Waals surface area (Å²) in [6.45, 7) is 10.9. The summed E-state index contributed by atoms with van der Waals surface area (Å²) < 4.78 is 0. The highest BCUT2D eigenvalue weighted by Gasteiger charge is 2.41.